The Kier molecular flexibility index (Phi) is 3.71. The second-order valence-corrected chi connectivity index (χ2v) is 2.95. The molecule has 0 spiro atoms. The van der Waals surface area contributed by atoms with Gasteiger partial charge < -0.3 is 15.5 Å². The number of alkyl halides is 5. The normalized spacial score (nSPS) is 11.9. The molecule has 0 aromatic carbocycles. The van der Waals surface area contributed by atoms with E-state index in [0.717, 1.165) is 0 Å². The summed E-state index contributed by atoms with van der Waals surface area (Å²) in [6.07, 6.45) is -8.55. The predicted octanol–water partition coefficient (Wildman–Crippen LogP) is 1.67. The molecule has 0 unspecified atom stereocenters. The maximum Gasteiger partial charge on any atom is 0.573 e. The quantitative estimate of drug-likeness (QED) is 0.810. The number of aromatic nitrogens is 1. The van der Waals surface area contributed by atoms with Crippen molar-refractivity contribution in [3.05, 3.63) is 27.7 Å². The molecule has 4 nitrogen and oxygen atoms in total. The molecule has 1 heterocycles. The highest BCUT2D eigenvalue weighted by Gasteiger charge is 2.34. The summed E-state index contributed by atoms with van der Waals surface area (Å²) < 4.78 is 64.0. The number of rotatable bonds is 3. The third kappa shape index (κ3) is 3.41. The highest BCUT2D eigenvalue weighted by atomic mass is 19.4. The number of nitrogens with one attached hydrogen (secondary N) is 1. The zero-order valence-electron chi connectivity index (χ0n) is 8.15. The number of hydrogen-bond donors (Lipinski definition) is 2. The van der Waals surface area contributed by atoms with Crippen LogP contribution in [0.15, 0.2) is 10.9 Å². The van der Waals surface area contributed by atoms with E-state index in [1.54, 1.807) is 0 Å². The van der Waals surface area contributed by atoms with Crippen molar-refractivity contribution in [3.8, 4) is 5.75 Å². The minimum atomic E-state index is -5.16. The van der Waals surface area contributed by atoms with Crippen molar-refractivity contribution >= 4 is 0 Å². The number of ether oxygens (including phenoxy) is 1. The van der Waals surface area contributed by atoms with E-state index in [0.29, 0.717) is 6.07 Å². The molecule has 0 aliphatic carbocycles. The summed E-state index contributed by atoms with van der Waals surface area (Å²) >= 11 is 0. The second-order valence-electron chi connectivity index (χ2n) is 2.95. The fraction of sp³-hybridized carbons (Fsp3) is 0.375. The molecule has 0 radical (unpaired) electrons. The van der Waals surface area contributed by atoms with Gasteiger partial charge in [-0.25, -0.2) is 8.78 Å². The van der Waals surface area contributed by atoms with E-state index in [2.05, 4.69) is 4.74 Å². The van der Waals surface area contributed by atoms with Crippen LogP contribution in [-0.4, -0.2) is 11.3 Å². The topological polar surface area (TPSA) is 68.1 Å². The summed E-state index contributed by atoms with van der Waals surface area (Å²) in [7, 11) is 0. The number of aromatic amines is 1. The minimum absolute atomic E-state index is 0.140. The standard InChI is InChI=1S/C8H7F5N2O2/c9-6(10)5-4(17-8(11,12)13)1-3(2-14)15-7(5)16/h1,6H,2,14H2,(H,15,16). The van der Waals surface area contributed by atoms with Crippen molar-refractivity contribution in [3.63, 3.8) is 0 Å². The minimum Gasteiger partial charge on any atom is -0.405 e. The molecule has 0 aliphatic heterocycles. The summed E-state index contributed by atoms with van der Waals surface area (Å²) in [5.41, 5.74) is 2.21. The second kappa shape index (κ2) is 4.70. The summed E-state index contributed by atoms with van der Waals surface area (Å²) in [6.45, 7) is -0.313. The molecule has 0 aliphatic rings. The largest absolute Gasteiger partial charge is 0.573 e. The van der Waals surface area contributed by atoms with Crippen molar-refractivity contribution < 1.29 is 26.7 Å². The molecular formula is C8H7F5N2O2. The van der Waals surface area contributed by atoms with Gasteiger partial charge in [-0.3, -0.25) is 4.79 Å². The summed E-state index contributed by atoms with van der Waals surface area (Å²) in [5, 5.41) is 0. The van der Waals surface area contributed by atoms with Crippen LogP contribution in [0.4, 0.5) is 22.0 Å². The molecule has 1 rings (SSSR count). The average Bonchev–Trinajstić information content (AvgIpc) is 2.13. The van der Waals surface area contributed by atoms with E-state index in [-0.39, 0.29) is 12.2 Å². The van der Waals surface area contributed by atoms with E-state index in [1.165, 1.54) is 0 Å². The van der Waals surface area contributed by atoms with Crippen LogP contribution in [0, 0.1) is 0 Å². The van der Waals surface area contributed by atoms with Gasteiger partial charge in [-0.1, -0.05) is 0 Å². The number of H-pyrrole nitrogens is 1. The molecule has 0 bridgehead atoms. The molecule has 1 aromatic heterocycles. The van der Waals surface area contributed by atoms with E-state index in [9.17, 15) is 26.7 Å². The highest BCUT2D eigenvalue weighted by molar-refractivity contribution is 5.34. The maximum atomic E-state index is 12.4. The number of pyridine rings is 1. The van der Waals surface area contributed by atoms with E-state index >= 15 is 0 Å². The molecule has 0 fully saturated rings. The molecule has 0 amide bonds. The molecule has 17 heavy (non-hydrogen) atoms. The van der Waals surface area contributed by atoms with Crippen LogP contribution in [0.2, 0.25) is 0 Å². The zero-order chi connectivity index (χ0) is 13.2. The van der Waals surface area contributed by atoms with Crippen LogP contribution in [0.5, 0.6) is 5.75 Å². The first kappa shape index (κ1) is 13.4. The van der Waals surface area contributed by atoms with Gasteiger partial charge in [0.25, 0.3) is 12.0 Å². The Morgan fingerprint density at radius 3 is 2.41 bits per heavy atom. The van der Waals surface area contributed by atoms with Gasteiger partial charge in [0, 0.05) is 18.3 Å². The van der Waals surface area contributed by atoms with Gasteiger partial charge >= 0.3 is 6.36 Å². The van der Waals surface area contributed by atoms with Gasteiger partial charge in [-0.15, -0.1) is 13.2 Å². The third-order valence-corrected chi connectivity index (χ3v) is 1.75. The SMILES string of the molecule is NCc1cc(OC(F)(F)F)c(C(F)F)c(=O)[nH]1. The monoisotopic (exact) mass is 258 g/mol. The average molecular weight is 258 g/mol. The van der Waals surface area contributed by atoms with E-state index < -0.39 is 29.7 Å². The Morgan fingerprint density at radius 2 is 2.00 bits per heavy atom. The fourth-order valence-electron chi connectivity index (χ4n) is 1.12. The molecule has 1 aromatic rings. The lowest BCUT2D eigenvalue weighted by atomic mass is 10.2. The lowest BCUT2D eigenvalue weighted by Gasteiger charge is -2.13. The first-order chi connectivity index (χ1) is 7.74. The van der Waals surface area contributed by atoms with Crippen molar-refractivity contribution in [1.82, 2.24) is 4.98 Å². The van der Waals surface area contributed by atoms with Gasteiger partial charge in [0.1, 0.15) is 11.3 Å². The van der Waals surface area contributed by atoms with Gasteiger partial charge in [-0.2, -0.15) is 0 Å². The van der Waals surface area contributed by atoms with Crippen LogP contribution >= 0.6 is 0 Å². The Hall–Kier alpha value is -1.64. The van der Waals surface area contributed by atoms with Gasteiger partial charge in [0.2, 0.25) is 0 Å². The molecule has 0 saturated carbocycles. The predicted molar refractivity (Wildman–Crippen MR) is 46.6 cm³/mol. The van der Waals surface area contributed by atoms with Crippen LogP contribution < -0.4 is 16.0 Å². The van der Waals surface area contributed by atoms with Gasteiger partial charge in [0.15, 0.2) is 0 Å². The molecular weight excluding hydrogens is 251 g/mol. The van der Waals surface area contributed by atoms with Crippen molar-refractivity contribution in [1.29, 1.82) is 0 Å². The molecule has 96 valence electrons. The lowest BCUT2D eigenvalue weighted by molar-refractivity contribution is -0.275. The van der Waals surface area contributed by atoms with Gasteiger partial charge in [-0.05, 0) is 0 Å². The van der Waals surface area contributed by atoms with Crippen LogP contribution in [0.3, 0.4) is 0 Å². The van der Waals surface area contributed by atoms with E-state index in [1.807, 2.05) is 4.98 Å². The first-order valence-electron chi connectivity index (χ1n) is 4.24. The Balaban J connectivity index is 3.33. The fourth-order valence-corrected chi connectivity index (χ4v) is 1.12. The smallest absolute Gasteiger partial charge is 0.405 e. The van der Waals surface area contributed by atoms with Crippen LogP contribution in [0.25, 0.3) is 0 Å². The number of hydrogen-bond acceptors (Lipinski definition) is 3. The van der Waals surface area contributed by atoms with Gasteiger partial charge in [0.05, 0.1) is 0 Å². The van der Waals surface area contributed by atoms with Crippen molar-refractivity contribution in [2.24, 2.45) is 5.73 Å². The van der Waals surface area contributed by atoms with E-state index in [4.69, 9.17) is 5.73 Å². The number of nitrogens with two attached hydrogens (primary N) is 1. The first-order valence-corrected chi connectivity index (χ1v) is 4.24. The zero-order valence-corrected chi connectivity index (χ0v) is 8.15. The van der Waals surface area contributed by atoms with Crippen LogP contribution in [-0.2, 0) is 6.54 Å². The summed E-state index contributed by atoms with van der Waals surface area (Å²) in [5.74, 6) is -1.24. The molecule has 0 atom stereocenters. The molecule has 9 heteroatoms. The van der Waals surface area contributed by atoms with Crippen LogP contribution in [0.1, 0.15) is 17.7 Å². The Morgan fingerprint density at radius 1 is 1.41 bits per heavy atom. The Labute approximate surface area is 91.2 Å². The lowest BCUT2D eigenvalue weighted by Crippen LogP contribution is -2.23. The summed E-state index contributed by atoms with van der Waals surface area (Å²) in [4.78, 5) is 13.0. The molecule has 0 saturated heterocycles. The third-order valence-electron chi connectivity index (χ3n) is 1.75. The Bertz CT molecular complexity index is 454. The molecule has 3 N–H and O–H groups in total. The maximum absolute atomic E-state index is 12.4. The summed E-state index contributed by atoms with van der Waals surface area (Å²) in [6, 6.07) is 0.621. The highest BCUT2D eigenvalue weighted by Crippen LogP contribution is 2.30. The van der Waals surface area contributed by atoms with Crippen molar-refractivity contribution in [2.75, 3.05) is 0 Å². The van der Waals surface area contributed by atoms with Crippen molar-refractivity contribution in [2.45, 2.75) is 19.3 Å². The number of halogens is 5.